The van der Waals surface area contributed by atoms with Crippen LogP contribution in [0, 0.1) is 6.92 Å². The number of ether oxygens (including phenoxy) is 1. The summed E-state index contributed by atoms with van der Waals surface area (Å²) in [6.07, 6.45) is 7.37. The number of aryl methyl sites for hydroxylation is 1. The molecule has 0 aliphatic rings. The Morgan fingerprint density at radius 2 is 1.85 bits per heavy atom. The first kappa shape index (κ1) is 24.4. The molecule has 0 aromatic heterocycles. The van der Waals surface area contributed by atoms with Gasteiger partial charge in [0.25, 0.3) is 0 Å². The summed E-state index contributed by atoms with van der Waals surface area (Å²) in [7, 11) is 0. The van der Waals surface area contributed by atoms with E-state index < -0.39 is 0 Å². The Hall–Kier alpha value is -2.62. The van der Waals surface area contributed by atoms with Crippen molar-refractivity contribution in [1.82, 2.24) is 0 Å². The van der Waals surface area contributed by atoms with E-state index in [0.717, 1.165) is 16.7 Å². The Morgan fingerprint density at radius 3 is 2.37 bits per heavy atom. The molecule has 0 heterocycles. The molecule has 1 rings (SSSR count). The average Bonchev–Trinajstić information content (AvgIpc) is 2.62. The molecule has 0 spiro atoms. The van der Waals surface area contributed by atoms with Crippen molar-refractivity contribution < 1.29 is 9.53 Å². The minimum Gasteiger partial charge on any atom is -0.473 e. The third-order valence-electron chi connectivity index (χ3n) is 3.65. The largest absolute Gasteiger partial charge is 0.473 e. The van der Waals surface area contributed by atoms with E-state index >= 15 is 0 Å². The minimum absolute atomic E-state index is 0.0245. The van der Waals surface area contributed by atoms with E-state index in [9.17, 15) is 4.79 Å². The van der Waals surface area contributed by atoms with E-state index in [4.69, 9.17) is 10.5 Å². The summed E-state index contributed by atoms with van der Waals surface area (Å²) in [4.78, 5) is 14.9. The molecular weight excluding hydrogens is 336 g/mol. The molecule has 4 nitrogen and oxygen atoms in total. The molecular formula is C23H34N2O2. The summed E-state index contributed by atoms with van der Waals surface area (Å²) in [6, 6.07) is 5.77. The predicted octanol–water partition coefficient (Wildman–Crippen LogP) is 5.88. The van der Waals surface area contributed by atoms with Crippen molar-refractivity contribution >= 4 is 22.9 Å². The molecule has 0 saturated carbocycles. The van der Waals surface area contributed by atoms with Crippen LogP contribution in [0.4, 0.5) is 5.69 Å². The second-order valence-corrected chi connectivity index (χ2v) is 6.40. The lowest BCUT2D eigenvalue weighted by Crippen LogP contribution is -2.07. The van der Waals surface area contributed by atoms with E-state index in [1.807, 2.05) is 25.1 Å². The number of carbonyl (C=O) groups excluding carboxylic acids is 1. The van der Waals surface area contributed by atoms with Gasteiger partial charge in [-0.15, -0.1) is 0 Å². The first-order valence-electron chi connectivity index (χ1n) is 9.30. The SMILES string of the molecule is C=C(/C=C\N=C(C)OCC(C)=O)C(=C)c1cc(C)ccc1N.CCCCC. The Bertz CT molecular complexity index is 698. The highest BCUT2D eigenvalue weighted by Crippen LogP contribution is 2.27. The normalized spacial score (nSPS) is 10.9. The van der Waals surface area contributed by atoms with Gasteiger partial charge in [0.2, 0.25) is 0 Å². The smallest absolute Gasteiger partial charge is 0.185 e. The Labute approximate surface area is 164 Å². The molecule has 4 heteroatoms. The lowest BCUT2D eigenvalue weighted by Gasteiger charge is -2.10. The fourth-order valence-corrected chi connectivity index (χ4v) is 2.03. The van der Waals surface area contributed by atoms with Crippen LogP contribution in [0.5, 0.6) is 0 Å². The van der Waals surface area contributed by atoms with E-state index in [-0.39, 0.29) is 12.4 Å². The van der Waals surface area contributed by atoms with E-state index in [1.54, 1.807) is 19.2 Å². The van der Waals surface area contributed by atoms with Gasteiger partial charge in [-0.3, -0.25) is 4.79 Å². The maximum absolute atomic E-state index is 10.8. The summed E-state index contributed by atoms with van der Waals surface area (Å²) < 4.78 is 5.14. The van der Waals surface area contributed by atoms with Gasteiger partial charge in [0.05, 0.1) is 0 Å². The third kappa shape index (κ3) is 10.9. The fraction of sp³-hybridized carbons (Fsp3) is 0.391. The molecule has 0 unspecified atom stereocenters. The average molecular weight is 371 g/mol. The summed E-state index contributed by atoms with van der Waals surface area (Å²) >= 11 is 0. The number of nitrogens with two attached hydrogens (primary N) is 1. The highest BCUT2D eigenvalue weighted by Gasteiger charge is 2.05. The molecule has 148 valence electrons. The lowest BCUT2D eigenvalue weighted by atomic mass is 9.97. The monoisotopic (exact) mass is 370 g/mol. The van der Waals surface area contributed by atoms with E-state index in [2.05, 4.69) is 32.0 Å². The van der Waals surface area contributed by atoms with E-state index in [1.165, 1.54) is 26.2 Å². The van der Waals surface area contributed by atoms with Crippen LogP contribution < -0.4 is 5.73 Å². The maximum atomic E-state index is 10.8. The molecule has 27 heavy (non-hydrogen) atoms. The first-order chi connectivity index (χ1) is 12.7. The van der Waals surface area contributed by atoms with Crippen LogP contribution in [0.1, 0.15) is 58.1 Å². The first-order valence-corrected chi connectivity index (χ1v) is 9.30. The van der Waals surface area contributed by atoms with Crippen LogP contribution in [0.15, 0.2) is 54.2 Å². The van der Waals surface area contributed by atoms with Gasteiger partial charge in [0, 0.05) is 24.4 Å². The van der Waals surface area contributed by atoms with Crippen LogP contribution >= 0.6 is 0 Å². The van der Waals surface area contributed by atoms with Gasteiger partial charge >= 0.3 is 0 Å². The number of Topliss-reactive ketones (excluding diaryl/α,β-unsaturated/α-hetero) is 1. The van der Waals surface area contributed by atoms with Crippen LogP contribution in [0.2, 0.25) is 0 Å². The second kappa shape index (κ2) is 13.6. The number of unbranched alkanes of at least 4 members (excludes halogenated alkanes) is 2. The number of ketones is 1. The number of nitrogen functional groups attached to an aromatic ring is 1. The van der Waals surface area contributed by atoms with Crippen molar-refractivity contribution in [2.75, 3.05) is 12.3 Å². The van der Waals surface area contributed by atoms with Crippen molar-refractivity contribution in [1.29, 1.82) is 0 Å². The highest BCUT2D eigenvalue weighted by molar-refractivity contribution is 5.85. The van der Waals surface area contributed by atoms with Crippen molar-refractivity contribution in [3.63, 3.8) is 0 Å². The van der Waals surface area contributed by atoms with Crippen LogP contribution in [0.3, 0.4) is 0 Å². The van der Waals surface area contributed by atoms with Gasteiger partial charge in [-0.25, -0.2) is 4.99 Å². The van der Waals surface area contributed by atoms with Gasteiger partial charge in [-0.1, -0.05) is 57.9 Å². The zero-order valence-corrected chi connectivity index (χ0v) is 17.5. The summed E-state index contributed by atoms with van der Waals surface area (Å²) in [6.45, 7) is 17.6. The van der Waals surface area contributed by atoms with Gasteiger partial charge < -0.3 is 10.5 Å². The Balaban J connectivity index is 0.00000119. The van der Waals surface area contributed by atoms with Gasteiger partial charge in [-0.05, 0) is 43.2 Å². The number of aliphatic imine (C=N–C) groups is 1. The zero-order chi connectivity index (χ0) is 20.8. The number of hydrogen-bond donors (Lipinski definition) is 1. The zero-order valence-electron chi connectivity index (χ0n) is 17.5. The quantitative estimate of drug-likeness (QED) is 0.269. The molecule has 0 fully saturated rings. The summed E-state index contributed by atoms with van der Waals surface area (Å²) in [5.74, 6) is 0.367. The number of anilines is 1. The molecule has 0 atom stereocenters. The molecule has 1 aromatic rings. The molecule has 2 N–H and O–H groups in total. The predicted molar refractivity (Wildman–Crippen MR) is 118 cm³/mol. The number of benzene rings is 1. The van der Waals surface area contributed by atoms with Gasteiger partial charge in [0.1, 0.15) is 6.61 Å². The number of allylic oxidation sites excluding steroid dienone is 3. The van der Waals surface area contributed by atoms with Crippen LogP contribution in [0.25, 0.3) is 5.57 Å². The van der Waals surface area contributed by atoms with E-state index in [0.29, 0.717) is 17.2 Å². The topological polar surface area (TPSA) is 64.7 Å². The Kier molecular flexibility index (Phi) is 12.2. The number of carbonyl (C=O) groups is 1. The van der Waals surface area contributed by atoms with Crippen molar-refractivity contribution in [3.8, 4) is 0 Å². The maximum Gasteiger partial charge on any atom is 0.185 e. The van der Waals surface area contributed by atoms with Crippen molar-refractivity contribution in [3.05, 3.63) is 60.3 Å². The third-order valence-corrected chi connectivity index (χ3v) is 3.65. The molecule has 0 radical (unpaired) electrons. The fourth-order valence-electron chi connectivity index (χ4n) is 2.03. The molecule has 0 saturated heterocycles. The standard InChI is InChI=1S/C18H22N2O2.C5H12/c1-12-6-7-18(19)17(10-12)15(4)13(2)8-9-20-16(5)22-11-14(3)21;1-3-5-4-2/h6-10H,2,4,11,19H2,1,3,5H3;3-5H2,1-2H3/b9-8-,20-16?;. The Morgan fingerprint density at radius 1 is 1.22 bits per heavy atom. The molecule has 1 aromatic carbocycles. The van der Waals surface area contributed by atoms with Gasteiger partial charge in [0.15, 0.2) is 11.7 Å². The number of nitrogens with zero attached hydrogens (tertiary/aromatic N) is 1. The molecule has 0 aliphatic heterocycles. The highest BCUT2D eigenvalue weighted by atomic mass is 16.5. The summed E-state index contributed by atoms with van der Waals surface area (Å²) in [5, 5.41) is 0. The lowest BCUT2D eigenvalue weighted by molar-refractivity contribution is -0.119. The second-order valence-electron chi connectivity index (χ2n) is 6.40. The summed E-state index contributed by atoms with van der Waals surface area (Å²) in [5.41, 5.74) is 10.1. The van der Waals surface area contributed by atoms with Crippen molar-refractivity contribution in [2.24, 2.45) is 4.99 Å². The molecule has 0 aliphatic carbocycles. The van der Waals surface area contributed by atoms with Crippen molar-refractivity contribution in [2.45, 2.75) is 53.9 Å². The van der Waals surface area contributed by atoms with Crippen LogP contribution in [-0.2, 0) is 9.53 Å². The minimum atomic E-state index is -0.0498. The van der Waals surface area contributed by atoms with Gasteiger partial charge in [-0.2, -0.15) is 0 Å². The number of rotatable bonds is 8. The molecule has 0 bridgehead atoms. The number of hydrogen-bond acceptors (Lipinski definition) is 4. The molecule has 0 amide bonds. The van der Waals surface area contributed by atoms with Crippen LogP contribution in [-0.4, -0.2) is 18.3 Å².